The molecule has 2 aliphatic rings. The van der Waals surface area contributed by atoms with Gasteiger partial charge in [-0.1, -0.05) is 29.8 Å². The first kappa shape index (κ1) is 21.2. The number of hydrogen-bond acceptors (Lipinski definition) is 4. The molecule has 0 bridgehead atoms. The monoisotopic (exact) mass is 460 g/mol. The smallest absolute Gasteiger partial charge is 0.256 e. The summed E-state index contributed by atoms with van der Waals surface area (Å²) in [4.78, 5) is 41.5. The second kappa shape index (κ2) is 8.69. The van der Waals surface area contributed by atoms with E-state index in [4.69, 9.17) is 11.6 Å². The summed E-state index contributed by atoms with van der Waals surface area (Å²) >= 11 is 5.95. The van der Waals surface area contributed by atoms with E-state index in [1.165, 1.54) is 0 Å². The second-order valence-corrected chi connectivity index (χ2v) is 8.54. The maximum atomic E-state index is 13.1. The minimum Gasteiger partial charge on any atom is -0.362 e. The van der Waals surface area contributed by atoms with Gasteiger partial charge >= 0.3 is 0 Å². The maximum absolute atomic E-state index is 13.1. The van der Waals surface area contributed by atoms with Gasteiger partial charge in [-0.2, -0.15) is 0 Å². The van der Waals surface area contributed by atoms with Gasteiger partial charge < -0.3 is 20.9 Å². The molecule has 1 saturated heterocycles. The molecule has 0 saturated carbocycles. The molecule has 1 aromatic heterocycles. The summed E-state index contributed by atoms with van der Waals surface area (Å²) in [6.07, 6.45) is 3.57. The van der Waals surface area contributed by atoms with Crippen molar-refractivity contribution in [2.24, 2.45) is 5.92 Å². The molecule has 2 unspecified atom stereocenters. The first-order chi connectivity index (χ1) is 16.0. The van der Waals surface area contributed by atoms with E-state index < -0.39 is 11.8 Å². The Hall–Kier alpha value is -3.68. The van der Waals surface area contributed by atoms with Crippen LogP contribution in [-0.4, -0.2) is 35.7 Å². The van der Waals surface area contributed by atoms with E-state index in [1.54, 1.807) is 42.6 Å². The molecule has 2 aliphatic heterocycles. The molecule has 0 aliphatic carbocycles. The average molecular weight is 461 g/mol. The predicted octanol–water partition coefficient (Wildman–Crippen LogP) is 3.67. The third-order valence-corrected chi connectivity index (χ3v) is 6.22. The first-order valence-corrected chi connectivity index (χ1v) is 11.0. The summed E-state index contributed by atoms with van der Waals surface area (Å²) < 4.78 is 0. The highest BCUT2D eigenvalue weighted by molar-refractivity contribution is 6.35. The number of rotatable bonds is 4. The minimum absolute atomic E-state index is 0.126. The van der Waals surface area contributed by atoms with E-state index in [1.807, 2.05) is 24.3 Å². The van der Waals surface area contributed by atoms with Crippen molar-refractivity contribution in [3.8, 4) is 0 Å². The van der Waals surface area contributed by atoms with Crippen LogP contribution < -0.4 is 16.0 Å². The Balaban J connectivity index is 1.32. The SMILES string of the molecule is O=C1Nc2cc(NC(=O)C3CNCC(c4ccc(Cl)cc4)C3=O)ccc2/C1=C/c1ccc[nH]1. The molecule has 8 heteroatoms. The van der Waals surface area contributed by atoms with Gasteiger partial charge in [0.1, 0.15) is 5.92 Å². The van der Waals surface area contributed by atoms with Crippen LogP contribution in [0, 0.1) is 5.92 Å². The molecule has 2 aromatic carbocycles. The van der Waals surface area contributed by atoms with Gasteiger partial charge in [0.25, 0.3) is 5.91 Å². The fraction of sp³-hybridized carbons (Fsp3) is 0.160. The largest absolute Gasteiger partial charge is 0.362 e. The average Bonchev–Trinajstić information content (AvgIpc) is 3.42. The van der Waals surface area contributed by atoms with E-state index in [2.05, 4.69) is 20.9 Å². The number of Topliss-reactive ketones (excluding diaryl/α,β-unsaturated/α-hetero) is 1. The van der Waals surface area contributed by atoms with Gasteiger partial charge in [0.15, 0.2) is 5.78 Å². The van der Waals surface area contributed by atoms with Gasteiger partial charge in [0.05, 0.1) is 17.2 Å². The Labute approximate surface area is 195 Å². The highest BCUT2D eigenvalue weighted by Crippen LogP contribution is 2.35. The fourth-order valence-electron chi connectivity index (χ4n) is 4.25. The number of benzene rings is 2. The van der Waals surface area contributed by atoms with Crippen molar-refractivity contribution in [2.45, 2.75) is 5.92 Å². The third kappa shape index (κ3) is 4.20. The number of carbonyl (C=O) groups is 3. The Kier molecular flexibility index (Phi) is 5.58. The van der Waals surface area contributed by atoms with Crippen molar-refractivity contribution in [3.63, 3.8) is 0 Å². The number of hydrogen-bond donors (Lipinski definition) is 4. The van der Waals surface area contributed by atoms with Crippen LogP contribution in [0.3, 0.4) is 0 Å². The molecule has 7 nitrogen and oxygen atoms in total. The van der Waals surface area contributed by atoms with Gasteiger partial charge in [-0.3, -0.25) is 14.4 Å². The van der Waals surface area contributed by atoms with E-state index in [9.17, 15) is 14.4 Å². The lowest BCUT2D eigenvalue weighted by Gasteiger charge is -2.28. The minimum atomic E-state index is -0.814. The van der Waals surface area contributed by atoms with Gasteiger partial charge in [-0.05, 0) is 48.0 Å². The number of H-pyrrole nitrogens is 1. The van der Waals surface area contributed by atoms with Crippen molar-refractivity contribution >= 4 is 52.2 Å². The normalized spacial score (nSPS) is 21.1. The molecular formula is C25H21ClN4O3. The molecule has 33 heavy (non-hydrogen) atoms. The molecule has 2 atom stereocenters. The Bertz CT molecular complexity index is 1270. The maximum Gasteiger partial charge on any atom is 0.256 e. The zero-order valence-corrected chi connectivity index (χ0v) is 18.3. The topological polar surface area (TPSA) is 103 Å². The van der Waals surface area contributed by atoms with Crippen LogP contribution in [0.5, 0.6) is 0 Å². The van der Waals surface area contributed by atoms with Gasteiger partial charge in [-0.25, -0.2) is 0 Å². The van der Waals surface area contributed by atoms with Crippen molar-refractivity contribution in [2.75, 3.05) is 23.7 Å². The number of amides is 2. The number of carbonyl (C=O) groups excluding carboxylic acids is 3. The lowest BCUT2D eigenvalue weighted by molar-refractivity contribution is -0.133. The zero-order chi connectivity index (χ0) is 22.9. The van der Waals surface area contributed by atoms with E-state index in [0.29, 0.717) is 28.5 Å². The standard InChI is InChI=1S/C25H21ClN4O3/c26-15-5-3-14(4-6-15)20-12-27-13-21(23(20)31)25(33)29-17-7-8-18-19(10-16-2-1-9-28-16)24(32)30-22(18)11-17/h1-11,20-21,27-28H,12-13H2,(H,29,33)(H,30,32)/b19-10-. The van der Waals surface area contributed by atoms with Crippen LogP contribution in [0.15, 0.2) is 60.8 Å². The Morgan fingerprint density at radius 2 is 1.88 bits per heavy atom. The molecule has 2 amide bonds. The molecule has 5 rings (SSSR count). The van der Waals surface area contributed by atoms with E-state index in [-0.39, 0.29) is 24.1 Å². The summed E-state index contributed by atoms with van der Waals surface area (Å²) in [6.45, 7) is 0.754. The fourth-order valence-corrected chi connectivity index (χ4v) is 4.38. The van der Waals surface area contributed by atoms with Crippen molar-refractivity contribution in [1.82, 2.24) is 10.3 Å². The number of halogens is 1. The highest BCUT2D eigenvalue weighted by Gasteiger charge is 2.36. The van der Waals surface area contributed by atoms with Crippen LogP contribution in [0.1, 0.15) is 22.7 Å². The molecule has 1 fully saturated rings. The molecular weight excluding hydrogens is 440 g/mol. The highest BCUT2D eigenvalue weighted by atomic mass is 35.5. The summed E-state index contributed by atoms with van der Waals surface area (Å²) in [5.74, 6) is -1.94. The van der Waals surface area contributed by atoms with Gasteiger partial charge in [0, 0.05) is 41.3 Å². The molecule has 0 spiro atoms. The quantitative estimate of drug-likeness (QED) is 0.352. The van der Waals surface area contributed by atoms with E-state index in [0.717, 1.165) is 16.8 Å². The third-order valence-electron chi connectivity index (χ3n) is 5.96. The van der Waals surface area contributed by atoms with Crippen LogP contribution in [0.2, 0.25) is 5.02 Å². The van der Waals surface area contributed by atoms with Crippen molar-refractivity contribution in [1.29, 1.82) is 0 Å². The molecule has 3 aromatic rings. The summed E-state index contributed by atoms with van der Waals surface area (Å²) in [6, 6.07) is 16.1. The number of ketones is 1. The Morgan fingerprint density at radius 3 is 2.64 bits per heavy atom. The second-order valence-electron chi connectivity index (χ2n) is 8.10. The lowest BCUT2D eigenvalue weighted by Crippen LogP contribution is -2.47. The molecule has 4 N–H and O–H groups in total. The van der Waals surface area contributed by atoms with Crippen molar-refractivity contribution in [3.05, 3.63) is 82.6 Å². The van der Waals surface area contributed by atoms with Crippen LogP contribution in [-0.2, 0) is 14.4 Å². The molecule has 0 radical (unpaired) electrons. The van der Waals surface area contributed by atoms with Gasteiger partial charge in [-0.15, -0.1) is 0 Å². The number of fused-ring (bicyclic) bond motifs is 1. The van der Waals surface area contributed by atoms with Crippen molar-refractivity contribution < 1.29 is 14.4 Å². The van der Waals surface area contributed by atoms with Crippen LogP contribution in [0.4, 0.5) is 11.4 Å². The summed E-state index contributed by atoms with van der Waals surface area (Å²) in [7, 11) is 0. The predicted molar refractivity (Wildman–Crippen MR) is 128 cm³/mol. The van der Waals surface area contributed by atoms with E-state index >= 15 is 0 Å². The van der Waals surface area contributed by atoms with Crippen LogP contribution >= 0.6 is 11.6 Å². The van der Waals surface area contributed by atoms with Gasteiger partial charge in [0.2, 0.25) is 5.91 Å². The number of aromatic amines is 1. The number of nitrogens with one attached hydrogen (secondary N) is 4. The number of aromatic nitrogens is 1. The van der Waals surface area contributed by atoms with Crippen LogP contribution in [0.25, 0.3) is 11.6 Å². The summed E-state index contributed by atoms with van der Waals surface area (Å²) in [5.41, 5.74) is 4.08. The first-order valence-electron chi connectivity index (χ1n) is 10.6. The zero-order valence-electron chi connectivity index (χ0n) is 17.5. The molecule has 166 valence electrons. The number of anilines is 2. The summed E-state index contributed by atoms with van der Waals surface area (Å²) in [5, 5.41) is 9.45. The number of piperidine rings is 1. The molecule has 3 heterocycles. The lowest BCUT2D eigenvalue weighted by atomic mass is 9.83. The Morgan fingerprint density at radius 1 is 1.06 bits per heavy atom.